The molecule has 0 amide bonds. The summed E-state index contributed by atoms with van der Waals surface area (Å²) in [5, 5.41) is 10.9. The SMILES string of the molecule is COC(=O)c1sc(-n2cnc3cc(Cl)ccc32)cc1OC(C)c1ccc(F)c(O)c1Cl. The van der Waals surface area contributed by atoms with E-state index in [1.54, 1.807) is 36.0 Å². The van der Waals surface area contributed by atoms with Crippen molar-refractivity contribution in [1.29, 1.82) is 0 Å². The number of aromatic hydroxyl groups is 1. The molecule has 4 aromatic rings. The van der Waals surface area contributed by atoms with E-state index in [4.69, 9.17) is 32.7 Å². The van der Waals surface area contributed by atoms with Crippen LogP contribution in [-0.2, 0) is 4.74 Å². The summed E-state index contributed by atoms with van der Waals surface area (Å²) < 4.78 is 26.2. The maximum atomic E-state index is 13.5. The Morgan fingerprint density at radius 2 is 2.03 bits per heavy atom. The first-order valence-corrected chi connectivity index (χ1v) is 10.6. The highest BCUT2D eigenvalue weighted by Gasteiger charge is 2.24. The minimum Gasteiger partial charge on any atom is -0.504 e. The van der Waals surface area contributed by atoms with Gasteiger partial charge in [-0.05, 0) is 31.2 Å². The second-order valence-electron chi connectivity index (χ2n) is 6.58. The predicted octanol–water partition coefficient (Wildman–Crippen LogP) is 6.17. The summed E-state index contributed by atoms with van der Waals surface area (Å²) in [4.78, 5) is 16.9. The lowest BCUT2D eigenvalue weighted by Crippen LogP contribution is -2.07. The molecule has 0 aliphatic carbocycles. The number of halogens is 3. The van der Waals surface area contributed by atoms with Crippen LogP contribution in [0.1, 0.15) is 28.3 Å². The Kier molecular flexibility index (Phi) is 5.79. The summed E-state index contributed by atoms with van der Waals surface area (Å²) in [5.74, 6) is -1.80. The maximum Gasteiger partial charge on any atom is 0.351 e. The Bertz CT molecular complexity index is 1300. The summed E-state index contributed by atoms with van der Waals surface area (Å²) >= 11 is 13.3. The molecule has 0 saturated carbocycles. The number of methoxy groups -OCH3 is 1. The molecule has 2 aromatic carbocycles. The number of carbonyl (C=O) groups excluding carboxylic acids is 1. The number of nitrogens with zero attached hydrogens (tertiary/aromatic N) is 2. The van der Waals surface area contributed by atoms with E-state index in [1.807, 2.05) is 6.07 Å². The van der Waals surface area contributed by atoms with Crippen LogP contribution in [0, 0.1) is 5.82 Å². The van der Waals surface area contributed by atoms with Gasteiger partial charge in [0, 0.05) is 16.7 Å². The van der Waals surface area contributed by atoms with Crippen LogP contribution >= 0.6 is 34.5 Å². The van der Waals surface area contributed by atoms with E-state index in [1.165, 1.54) is 13.2 Å². The van der Waals surface area contributed by atoms with Crippen LogP contribution in [0.5, 0.6) is 11.5 Å². The Labute approximate surface area is 190 Å². The summed E-state index contributed by atoms with van der Waals surface area (Å²) in [7, 11) is 1.28. The van der Waals surface area contributed by atoms with Crippen molar-refractivity contribution >= 4 is 51.5 Å². The molecular formula is C21H15Cl2FN2O4S. The normalized spacial score (nSPS) is 12.2. The van der Waals surface area contributed by atoms with E-state index >= 15 is 0 Å². The van der Waals surface area contributed by atoms with Crippen LogP contribution in [0.25, 0.3) is 16.0 Å². The lowest BCUT2D eigenvalue weighted by Gasteiger charge is -2.17. The first-order chi connectivity index (χ1) is 14.8. The number of thiophene rings is 1. The third-order valence-electron chi connectivity index (χ3n) is 4.64. The highest BCUT2D eigenvalue weighted by Crippen LogP contribution is 2.39. The zero-order valence-electron chi connectivity index (χ0n) is 16.2. The number of esters is 1. The number of phenolic OH excluding ortho intramolecular Hbond substituents is 1. The molecule has 31 heavy (non-hydrogen) atoms. The molecule has 10 heteroatoms. The number of fused-ring (bicyclic) bond motifs is 1. The second-order valence-corrected chi connectivity index (χ2v) is 8.42. The third kappa shape index (κ3) is 3.94. The quantitative estimate of drug-likeness (QED) is 0.346. The van der Waals surface area contributed by atoms with E-state index in [-0.39, 0.29) is 15.6 Å². The standard InChI is InChI=1S/C21H15Cl2FN2O4S/c1-10(12-4-5-13(24)19(27)18(12)23)30-16-8-17(31-20(16)21(28)29-2)26-9-25-14-7-11(22)3-6-15(14)26/h3-10,27H,1-2H3. The second kappa shape index (κ2) is 8.37. The van der Waals surface area contributed by atoms with Gasteiger partial charge in [-0.15, -0.1) is 11.3 Å². The monoisotopic (exact) mass is 480 g/mol. The van der Waals surface area contributed by atoms with Crippen molar-refractivity contribution in [1.82, 2.24) is 9.55 Å². The first kappa shape index (κ1) is 21.4. The number of imidazole rings is 1. The highest BCUT2D eigenvalue weighted by molar-refractivity contribution is 7.16. The summed E-state index contributed by atoms with van der Waals surface area (Å²) in [6, 6.07) is 9.51. The fourth-order valence-corrected chi connectivity index (χ4v) is 4.56. The molecule has 0 saturated heterocycles. The molecule has 0 radical (unpaired) electrons. The Morgan fingerprint density at radius 3 is 2.77 bits per heavy atom. The molecule has 1 unspecified atom stereocenters. The largest absolute Gasteiger partial charge is 0.504 e. The van der Waals surface area contributed by atoms with Crippen LogP contribution in [0.15, 0.2) is 42.7 Å². The minimum atomic E-state index is -0.832. The van der Waals surface area contributed by atoms with Gasteiger partial charge in [0.05, 0.1) is 23.2 Å². The average Bonchev–Trinajstić information content (AvgIpc) is 3.35. The molecule has 1 atom stereocenters. The molecule has 6 nitrogen and oxygen atoms in total. The van der Waals surface area contributed by atoms with Crippen LogP contribution in [-0.4, -0.2) is 27.7 Å². The predicted molar refractivity (Wildman–Crippen MR) is 117 cm³/mol. The van der Waals surface area contributed by atoms with Gasteiger partial charge in [-0.25, -0.2) is 14.2 Å². The molecule has 4 rings (SSSR count). The van der Waals surface area contributed by atoms with Crippen molar-refractivity contribution in [3.8, 4) is 16.5 Å². The topological polar surface area (TPSA) is 73.6 Å². The molecule has 0 aliphatic heterocycles. The van der Waals surface area contributed by atoms with Crippen molar-refractivity contribution in [2.45, 2.75) is 13.0 Å². The van der Waals surface area contributed by atoms with Gasteiger partial charge < -0.3 is 14.6 Å². The number of ether oxygens (including phenoxy) is 2. The van der Waals surface area contributed by atoms with Crippen molar-refractivity contribution in [3.05, 3.63) is 69.0 Å². The van der Waals surface area contributed by atoms with Gasteiger partial charge in [-0.2, -0.15) is 0 Å². The first-order valence-electron chi connectivity index (χ1n) is 8.98. The van der Waals surface area contributed by atoms with Crippen molar-refractivity contribution in [2.24, 2.45) is 0 Å². The summed E-state index contributed by atoms with van der Waals surface area (Å²) in [6.45, 7) is 1.67. The van der Waals surface area contributed by atoms with E-state index in [2.05, 4.69) is 4.98 Å². The molecular weight excluding hydrogens is 466 g/mol. The van der Waals surface area contributed by atoms with Crippen molar-refractivity contribution in [3.63, 3.8) is 0 Å². The zero-order chi connectivity index (χ0) is 22.3. The van der Waals surface area contributed by atoms with Gasteiger partial charge in [0.15, 0.2) is 16.4 Å². The molecule has 0 bridgehead atoms. The van der Waals surface area contributed by atoms with Gasteiger partial charge in [0.1, 0.15) is 23.2 Å². The highest BCUT2D eigenvalue weighted by atomic mass is 35.5. The van der Waals surface area contributed by atoms with Gasteiger partial charge in [-0.3, -0.25) is 4.57 Å². The number of benzene rings is 2. The Morgan fingerprint density at radius 1 is 1.26 bits per heavy atom. The van der Waals surface area contributed by atoms with Gasteiger partial charge >= 0.3 is 5.97 Å². The summed E-state index contributed by atoms with van der Waals surface area (Å²) in [6.07, 6.45) is 0.930. The third-order valence-corrected chi connectivity index (χ3v) is 6.37. The number of phenols is 1. The van der Waals surface area contributed by atoms with Crippen molar-refractivity contribution < 1.29 is 23.8 Å². The Balaban J connectivity index is 1.74. The minimum absolute atomic E-state index is 0.153. The van der Waals surface area contributed by atoms with E-state index < -0.39 is 23.6 Å². The maximum absolute atomic E-state index is 13.5. The van der Waals surface area contributed by atoms with E-state index in [9.17, 15) is 14.3 Å². The van der Waals surface area contributed by atoms with Gasteiger partial charge in [-0.1, -0.05) is 29.3 Å². The average molecular weight is 481 g/mol. The zero-order valence-corrected chi connectivity index (χ0v) is 18.6. The summed E-state index contributed by atoms with van der Waals surface area (Å²) in [5.41, 5.74) is 1.87. The van der Waals surface area contributed by atoms with E-state index in [0.717, 1.165) is 22.9 Å². The molecule has 160 valence electrons. The number of rotatable bonds is 5. The number of hydrogen-bond donors (Lipinski definition) is 1. The molecule has 1 N–H and O–H groups in total. The van der Waals surface area contributed by atoms with Gasteiger partial charge in [0.25, 0.3) is 0 Å². The van der Waals surface area contributed by atoms with Crippen LogP contribution in [0.3, 0.4) is 0 Å². The fraction of sp³-hybridized carbons (Fsp3) is 0.143. The van der Waals surface area contributed by atoms with Crippen LogP contribution < -0.4 is 4.74 Å². The number of hydrogen-bond acceptors (Lipinski definition) is 6. The smallest absolute Gasteiger partial charge is 0.351 e. The van der Waals surface area contributed by atoms with Crippen LogP contribution in [0.4, 0.5) is 4.39 Å². The van der Waals surface area contributed by atoms with Crippen LogP contribution in [0.2, 0.25) is 10.0 Å². The van der Waals surface area contributed by atoms with E-state index in [0.29, 0.717) is 21.1 Å². The number of aromatic nitrogens is 2. The van der Waals surface area contributed by atoms with Gasteiger partial charge in [0.2, 0.25) is 0 Å². The Hall–Kier alpha value is -2.81. The lowest BCUT2D eigenvalue weighted by molar-refractivity contribution is 0.0600. The molecule has 0 spiro atoms. The lowest BCUT2D eigenvalue weighted by atomic mass is 10.1. The molecule has 0 fully saturated rings. The van der Waals surface area contributed by atoms with Crippen molar-refractivity contribution in [2.75, 3.05) is 7.11 Å². The number of carbonyl (C=O) groups is 1. The molecule has 0 aliphatic rings. The molecule has 2 aromatic heterocycles. The molecule has 2 heterocycles. The fourth-order valence-electron chi connectivity index (χ4n) is 3.09.